The van der Waals surface area contributed by atoms with Gasteiger partial charge in [0.1, 0.15) is 0 Å². The van der Waals surface area contributed by atoms with Crippen molar-refractivity contribution in [3.63, 3.8) is 0 Å². The molecule has 1 aromatic rings. The first-order chi connectivity index (χ1) is 5.59. The summed E-state index contributed by atoms with van der Waals surface area (Å²) < 4.78 is 0. The molecule has 0 atom stereocenters. The predicted octanol–water partition coefficient (Wildman–Crippen LogP) is 2.89. The van der Waals surface area contributed by atoms with Crippen LogP contribution in [-0.2, 0) is 6.42 Å². The van der Waals surface area contributed by atoms with Crippen molar-refractivity contribution in [2.45, 2.75) is 6.42 Å². The summed E-state index contributed by atoms with van der Waals surface area (Å²) in [6.45, 7) is 0. The lowest BCUT2D eigenvalue weighted by atomic mass is 10.1. The third-order valence-electron chi connectivity index (χ3n) is 1.39. The van der Waals surface area contributed by atoms with Gasteiger partial charge < -0.3 is 5.73 Å². The molecule has 2 nitrogen and oxygen atoms in total. The maximum Gasteiger partial charge on any atom is 0.0950 e. The molecule has 0 aliphatic rings. The molecular formula is C8H9Cl3N2. The van der Waals surface area contributed by atoms with E-state index in [0.29, 0.717) is 16.5 Å². The van der Waals surface area contributed by atoms with Crippen molar-refractivity contribution in [1.29, 1.82) is 5.41 Å². The molecule has 0 heterocycles. The molecule has 3 N–H and O–H groups in total. The molecule has 13 heavy (non-hydrogen) atoms. The average molecular weight is 240 g/mol. The van der Waals surface area contributed by atoms with Crippen LogP contribution in [-0.4, -0.2) is 5.84 Å². The second kappa shape index (κ2) is 5.32. The molecule has 0 saturated carbocycles. The van der Waals surface area contributed by atoms with Gasteiger partial charge >= 0.3 is 0 Å². The van der Waals surface area contributed by atoms with Crippen LogP contribution in [0.1, 0.15) is 5.56 Å². The molecule has 0 bridgehead atoms. The summed E-state index contributed by atoms with van der Waals surface area (Å²) in [4.78, 5) is 0. The molecule has 5 heteroatoms. The van der Waals surface area contributed by atoms with Gasteiger partial charge in [-0.15, -0.1) is 12.4 Å². The topological polar surface area (TPSA) is 49.9 Å². The Kier molecular flexibility index (Phi) is 5.14. The third kappa shape index (κ3) is 3.85. The van der Waals surface area contributed by atoms with Gasteiger partial charge in [-0.25, -0.2) is 0 Å². The minimum Gasteiger partial charge on any atom is -0.387 e. The van der Waals surface area contributed by atoms with Crippen molar-refractivity contribution >= 4 is 41.4 Å². The lowest BCUT2D eigenvalue weighted by molar-refractivity contribution is 1.25. The minimum atomic E-state index is 0. The summed E-state index contributed by atoms with van der Waals surface area (Å²) in [7, 11) is 0. The van der Waals surface area contributed by atoms with Crippen LogP contribution in [0.2, 0.25) is 10.0 Å². The number of hydrogen-bond acceptors (Lipinski definition) is 1. The smallest absolute Gasteiger partial charge is 0.0950 e. The fourth-order valence-electron chi connectivity index (χ4n) is 0.884. The lowest BCUT2D eigenvalue weighted by Crippen LogP contribution is -2.12. The van der Waals surface area contributed by atoms with E-state index in [9.17, 15) is 0 Å². The second-order valence-corrected chi connectivity index (χ2v) is 3.28. The Hall–Kier alpha value is -0.440. The monoisotopic (exact) mass is 238 g/mol. The summed E-state index contributed by atoms with van der Waals surface area (Å²) in [5.74, 6) is 0.0826. The zero-order chi connectivity index (χ0) is 9.14. The van der Waals surface area contributed by atoms with Gasteiger partial charge in [0, 0.05) is 16.5 Å². The Morgan fingerprint density at radius 2 is 2.00 bits per heavy atom. The highest BCUT2D eigenvalue weighted by Crippen LogP contribution is 2.20. The minimum absolute atomic E-state index is 0. The lowest BCUT2D eigenvalue weighted by Gasteiger charge is -2.02. The first-order valence-corrected chi connectivity index (χ1v) is 4.12. The van der Waals surface area contributed by atoms with Gasteiger partial charge in [-0.1, -0.05) is 23.2 Å². The van der Waals surface area contributed by atoms with Crippen molar-refractivity contribution in [2.24, 2.45) is 5.73 Å². The number of benzene rings is 1. The first kappa shape index (κ1) is 12.6. The van der Waals surface area contributed by atoms with E-state index in [1.165, 1.54) is 0 Å². The average Bonchev–Trinajstić information content (AvgIpc) is 1.96. The van der Waals surface area contributed by atoms with E-state index >= 15 is 0 Å². The molecule has 0 aromatic heterocycles. The predicted molar refractivity (Wildman–Crippen MR) is 59.3 cm³/mol. The normalized spacial score (nSPS) is 9.08. The molecule has 1 aromatic carbocycles. The molecule has 0 fully saturated rings. The maximum absolute atomic E-state index is 7.07. The van der Waals surface area contributed by atoms with E-state index in [0.717, 1.165) is 5.56 Å². The molecule has 0 unspecified atom stereocenters. The number of hydrogen-bond donors (Lipinski definition) is 2. The molecule has 72 valence electrons. The van der Waals surface area contributed by atoms with Crippen LogP contribution in [0.5, 0.6) is 0 Å². The van der Waals surface area contributed by atoms with E-state index in [1.54, 1.807) is 18.2 Å². The largest absolute Gasteiger partial charge is 0.387 e. The molecule has 1 rings (SSSR count). The standard InChI is InChI=1S/C8H8Cl2N2.ClH/c9-6-1-2-7(10)5(3-6)4-8(11)12;/h1-3H,4H2,(H3,11,12);1H. The molecule has 0 aliphatic heterocycles. The summed E-state index contributed by atoms with van der Waals surface area (Å²) in [5, 5.41) is 8.27. The highest BCUT2D eigenvalue weighted by atomic mass is 35.5. The number of halogens is 3. The van der Waals surface area contributed by atoms with Crippen LogP contribution in [0.25, 0.3) is 0 Å². The van der Waals surface area contributed by atoms with Crippen molar-refractivity contribution in [3.8, 4) is 0 Å². The van der Waals surface area contributed by atoms with Crippen LogP contribution in [0.15, 0.2) is 18.2 Å². The summed E-state index contributed by atoms with van der Waals surface area (Å²) >= 11 is 11.6. The molecule has 0 saturated heterocycles. The fourth-order valence-corrected chi connectivity index (χ4v) is 1.26. The molecule has 0 aliphatic carbocycles. The van der Waals surface area contributed by atoms with Gasteiger partial charge in [0.25, 0.3) is 0 Å². The van der Waals surface area contributed by atoms with Crippen molar-refractivity contribution < 1.29 is 0 Å². The van der Waals surface area contributed by atoms with Crippen LogP contribution in [0.3, 0.4) is 0 Å². The van der Waals surface area contributed by atoms with Gasteiger partial charge in [0.15, 0.2) is 0 Å². The quantitative estimate of drug-likeness (QED) is 0.605. The van der Waals surface area contributed by atoms with E-state index < -0.39 is 0 Å². The second-order valence-electron chi connectivity index (χ2n) is 2.44. The maximum atomic E-state index is 7.07. The Labute approximate surface area is 92.9 Å². The summed E-state index contributed by atoms with van der Waals surface area (Å²) in [5.41, 5.74) is 6.01. The number of amidine groups is 1. The Morgan fingerprint density at radius 3 is 2.54 bits per heavy atom. The van der Waals surface area contributed by atoms with Crippen LogP contribution < -0.4 is 5.73 Å². The Balaban J connectivity index is 0.00000144. The van der Waals surface area contributed by atoms with Gasteiger partial charge in [-0.3, -0.25) is 5.41 Å². The van der Waals surface area contributed by atoms with Gasteiger partial charge in [-0.2, -0.15) is 0 Å². The van der Waals surface area contributed by atoms with Crippen LogP contribution >= 0.6 is 35.6 Å². The highest BCUT2D eigenvalue weighted by Gasteiger charge is 2.01. The molecule has 0 spiro atoms. The van der Waals surface area contributed by atoms with Crippen molar-refractivity contribution in [3.05, 3.63) is 33.8 Å². The molecular weight excluding hydrogens is 230 g/mol. The summed E-state index contributed by atoms with van der Waals surface area (Å²) in [6.07, 6.45) is 0.347. The van der Waals surface area contributed by atoms with Crippen LogP contribution in [0.4, 0.5) is 0 Å². The van der Waals surface area contributed by atoms with Crippen LogP contribution in [0, 0.1) is 5.41 Å². The van der Waals surface area contributed by atoms with Gasteiger partial charge in [0.2, 0.25) is 0 Å². The van der Waals surface area contributed by atoms with Crippen molar-refractivity contribution in [2.75, 3.05) is 0 Å². The van der Waals surface area contributed by atoms with Gasteiger partial charge in [-0.05, 0) is 23.8 Å². The molecule has 0 amide bonds. The number of rotatable bonds is 2. The first-order valence-electron chi connectivity index (χ1n) is 3.36. The zero-order valence-electron chi connectivity index (χ0n) is 6.68. The number of nitrogens with two attached hydrogens (primary N) is 1. The zero-order valence-corrected chi connectivity index (χ0v) is 9.01. The highest BCUT2D eigenvalue weighted by molar-refractivity contribution is 6.33. The van der Waals surface area contributed by atoms with E-state index in [2.05, 4.69) is 0 Å². The molecule has 0 radical (unpaired) electrons. The fraction of sp³-hybridized carbons (Fsp3) is 0.125. The third-order valence-corrected chi connectivity index (χ3v) is 1.99. The van der Waals surface area contributed by atoms with Crippen molar-refractivity contribution in [1.82, 2.24) is 0 Å². The SMILES string of the molecule is Cl.N=C(N)Cc1cc(Cl)ccc1Cl. The summed E-state index contributed by atoms with van der Waals surface area (Å²) in [6, 6.07) is 5.11. The van der Waals surface area contributed by atoms with E-state index in [-0.39, 0.29) is 18.2 Å². The van der Waals surface area contributed by atoms with E-state index in [4.69, 9.17) is 34.3 Å². The van der Waals surface area contributed by atoms with E-state index in [1.807, 2.05) is 0 Å². The number of nitrogens with one attached hydrogen (secondary N) is 1. The Morgan fingerprint density at radius 1 is 1.38 bits per heavy atom. The van der Waals surface area contributed by atoms with Gasteiger partial charge in [0.05, 0.1) is 5.84 Å². The Bertz CT molecular complexity index is 312.